The largest absolute Gasteiger partial charge is 0.490 e. The molecule has 0 saturated carbocycles. The van der Waals surface area contributed by atoms with Gasteiger partial charge in [-0.05, 0) is 18.6 Å². The van der Waals surface area contributed by atoms with E-state index < -0.39 is 12.1 Å². The number of methoxy groups -OCH3 is 1. The van der Waals surface area contributed by atoms with Crippen molar-refractivity contribution in [1.29, 1.82) is 0 Å². The molecule has 1 aromatic rings. The normalized spacial score (nSPS) is 13.8. The van der Waals surface area contributed by atoms with Gasteiger partial charge in [0.15, 0.2) is 0 Å². The Balaban J connectivity index is 0.000000534. The smallest absolute Gasteiger partial charge is 0.475 e. The van der Waals surface area contributed by atoms with Crippen molar-refractivity contribution in [3.05, 3.63) is 29.8 Å². The number of nitrogens with zero attached hydrogens (tertiary/aromatic N) is 1. The van der Waals surface area contributed by atoms with E-state index in [2.05, 4.69) is 4.98 Å². The van der Waals surface area contributed by atoms with Crippen molar-refractivity contribution in [1.82, 2.24) is 4.98 Å². The van der Waals surface area contributed by atoms with Gasteiger partial charge in [0.05, 0.1) is 11.8 Å². The Morgan fingerprint density at radius 2 is 2.05 bits per heavy atom. The van der Waals surface area contributed by atoms with E-state index in [1.807, 2.05) is 6.92 Å². The Kier molecular flexibility index (Phi) is 8.58. The van der Waals surface area contributed by atoms with Crippen LogP contribution in [0.15, 0.2) is 18.3 Å². The molecule has 126 valence electrons. The minimum atomic E-state index is -5.08. The molecular weight excluding hydrogens is 308 g/mol. The fourth-order valence-electron chi connectivity index (χ4n) is 1.57. The second-order valence-electron chi connectivity index (χ2n) is 4.29. The third kappa shape index (κ3) is 7.32. The summed E-state index contributed by atoms with van der Waals surface area (Å²) in [6.45, 7) is 1.99. The van der Waals surface area contributed by atoms with Gasteiger partial charge in [0, 0.05) is 25.8 Å². The molecule has 0 unspecified atom stereocenters. The second-order valence-corrected chi connectivity index (χ2v) is 4.29. The quantitative estimate of drug-likeness (QED) is 0.810. The molecule has 0 fully saturated rings. The number of nitrogens with two attached hydrogens (primary N) is 1. The lowest BCUT2D eigenvalue weighted by Crippen LogP contribution is -2.38. The molecule has 9 heteroatoms. The number of carboxylic acid groups (broad SMARTS) is 1. The van der Waals surface area contributed by atoms with E-state index in [1.165, 1.54) is 6.07 Å². The molecule has 0 aromatic carbocycles. The SMILES string of the molecule is CC[C@@H](OC)[C@H](N)Cc1ncccc1F.O=C(O)C(F)(F)F. The first-order chi connectivity index (χ1) is 10.1. The second kappa shape index (κ2) is 9.31. The fourth-order valence-corrected chi connectivity index (χ4v) is 1.57. The van der Waals surface area contributed by atoms with Crippen molar-refractivity contribution in [2.24, 2.45) is 5.73 Å². The topological polar surface area (TPSA) is 85.4 Å². The van der Waals surface area contributed by atoms with Gasteiger partial charge in [0.1, 0.15) is 5.82 Å². The van der Waals surface area contributed by atoms with Crippen molar-refractivity contribution >= 4 is 5.97 Å². The summed E-state index contributed by atoms with van der Waals surface area (Å²) in [5, 5.41) is 7.12. The summed E-state index contributed by atoms with van der Waals surface area (Å²) in [7, 11) is 1.61. The van der Waals surface area contributed by atoms with Gasteiger partial charge in [-0.15, -0.1) is 0 Å². The Hall–Kier alpha value is -1.74. The van der Waals surface area contributed by atoms with Crippen LogP contribution in [0, 0.1) is 5.82 Å². The van der Waals surface area contributed by atoms with Gasteiger partial charge < -0.3 is 15.6 Å². The molecule has 0 bridgehead atoms. The monoisotopic (exact) mass is 326 g/mol. The Bertz CT molecular complexity index is 465. The molecule has 0 aliphatic heterocycles. The summed E-state index contributed by atoms with van der Waals surface area (Å²) in [5.41, 5.74) is 6.31. The van der Waals surface area contributed by atoms with Gasteiger partial charge in [-0.2, -0.15) is 13.2 Å². The number of ether oxygens (including phenoxy) is 1. The first-order valence-electron chi connectivity index (χ1n) is 6.31. The van der Waals surface area contributed by atoms with Crippen LogP contribution >= 0.6 is 0 Å². The lowest BCUT2D eigenvalue weighted by Gasteiger charge is -2.20. The van der Waals surface area contributed by atoms with E-state index in [4.69, 9.17) is 20.4 Å². The van der Waals surface area contributed by atoms with Crippen LogP contribution in [0.4, 0.5) is 17.6 Å². The molecule has 3 N–H and O–H groups in total. The van der Waals surface area contributed by atoms with Crippen molar-refractivity contribution in [3.63, 3.8) is 0 Å². The maximum absolute atomic E-state index is 13.3. The molecule has 0 radical (unpaired) electrons. The third-order valence-electron chi connectivity index (χ3n) is 2.69. The number of aliphatic carboxylic acids is 1. The summed E-state index contributed by atoms with van der Waals surface area (Å²) in [6, 6.07) is 2.74. The van der Waals surface area contributed by atoms with Crippen LogP contribution in [0.2, 0.25) is 0 Å². The number of carboxylic acids is 1. The molecule has 0 amide bonds. The maximum atomic E-state index is 13.3. The lowest BCUT2D eigenvalue weighted by atomic mass is 10.0. The highest BCUT2D eigenvalue weighted by atomic mass is 19.4. The number of halogens is 4. The fraction of sp³-hybridized carbons (Fsp3) is 0.538. The van der Waals surface area contributed by atoms with E-state index in [9.17, 15) is 17.6 Å². The van der Waals surface area contributed by atoms with Crippen LogP contribution < -0.4 is 5.73 Å². The zero-order chi connectivity index (χ0) is 17.3. The standard InChI is InChI=1S/C11H17FN2O.C2HF3O2/c1-3-11(15-2)9(13)7-10-8(12)5-4-6-14-10;3-2(4,5)1(6)7/h4-6,9,11H,3,7,13H2,1-2H3;(H,6,7)/t9-,11-;/m1./s1. The Morgan fingerprint density at radius 3 is 2.41 bits per heavy atom. The van der Waals surface area contributed by atoms with Gasteiger partial charge in [0.25, 0.3) is 0 Å². The summed E-state index contributed by atoms with van der Waals surface area (Å²) in [5.74, 6) is -3.06. The molecule has 0 spiro atoms. The minimum absolute atomic E-state index is 0.0496. The van der Waals surface area contributed by atoms with Crippen LogP contribution in [-0.2, 0) is 16.0 Å². The number of pyridine rings is 1. The number of carbonyl (C=O) groups is 1. The van der Waals surface area contributed by atoms with E-state index >= 15 is 0 Å². The van der Waals surface area contributed by atoms with Gasteiger partial charge in [0.2, 0.25) is 0 Å². The third-order valence-corrected chi connectivity index (χ3v) is 2.69. The minimum Gasteiger partial charge on any atom is -0.475 e. The van der Waals surface area contributed by atoms with E-state index in [-0.39, 0.29) is 18.0 Å². The summed E-state index contributed by atoms with van der Waals surface area (Å²) < 4.78 is 50.2. The maximum Gasteiger partial charge on any atom is 0.490 e. The van der Waals surface area contributed by atoms with Crippen molar-refractivity contribution < 1.29 is 32.2 Å². The molecule has 0 saturated heterocycles. The zero-order valence-electron chi connectivity index (χ0n) is 12.1. The average Bonchev–Trinajstić information content (AvgIpc) is 2.42. The predicted molar refractivity (Wildman–Crippen MR) is 70.7 cm³/mol. The highest BCUT2D eigenvalue weighted by Gasteiger charge is 2.38. The Labute approximate surface area is 125 Å². The molecular formula is C13H18F4N2O3. The highest BCUT2D eigenvalue weighted by molar-refractivity contribution is 5.73. The van der Waals surface area contributed by atoms with Gasteiger partial charge in [-0.3, -0.25) is 4.98 Å². The van der Waals surface area contributed by atoms with Gasteiger partial charge in [-0.1, -0.05) is 6.92 Å². The van der Waals surface area contributed by atoms with Crippen LogP contribution in [0.3, 0.4) is 0 Å². The molecule has 1 aromatic heterocycles. The first kappa shape index (κ1) is 20.3. The van der Waals surface area contributed by atoms with Crippen molar-refractivity contribution in [3.8, 4) is 0 Å². The van der Waals surface area contributed by atoms with Crippen molar-refractivity contribution in [2.75, 3.05) is 7.11 Å². The van der Waals surface area contributed by atoms with Crippen molar-refractivity contribution in [2.45, 2.75) is 38.1 Å². The average molecular weight is 326 g/mol. The number of rotatable bonds is 5. The predicted octanol–water partition coefficient (Wildman–Crippen LogP) is 2.15. The van der Waals surface area contributed by atoms with Crippen LogP contribution in [0.5, 0.6) is 0 Å². The summed E-state index contributed by atoms with van der Waals surface area (Å²) >= 11 is 0. The van der Waals surface area contributed by atoms with Crippen LogP contribution in [0.25, 0.3) is 0 Å². The molecule has 1 heterocycles. The summed E-state index contributed by atoms with van der Waals surface area (Å²) in [4.78, 5) is 12.9. The highest BCUT2D eigenvalue weighted by Crippen LogP contribution is 2.13. The molecule has 0 aliphatic carbocycles. The zero-order valence-corrected chi connectivity index (χ0v) is 12.1. The number of hydrogen-bond acceptors (Lipinski definition) is 4. The molecule has 22 heavy (non-hydrogen) atoms. The number of hydrogen-bond donors (Lipinski definition) is 2. The summed E-state index contributed by atoms with van der Waals surface area (Å²) in [6.07, 6.45) is -2.35. The number of aromatic nitrogens is 1. The van der Waals surface area contributed by atoms with Crippen LogP contribution in [-0.4, -0.2) is 41.5 Å². The van der Waals surface area contributed by atoms with Gasteiger partial charge in [-0.25, -0.2) is 9.18 Å². The molecule has 1 rings (SSSR count). The van der Waals surface area contributed by atoms with E-state index in [1.54, 1.807) is 19.4 Å². The van der Waals surface area contributed by atoms with E-state index in [0.29, 0.717) is 12.1 Å². The first-order valence-corrected chi connectivity index (χ1v) is 6.31. The molecule has 0 aliphatic rings. The lowest BCUT2D eigenvalue weighted by molar-refractivity contribution is -0.192. The molecule has 5 nitrogen and oxygen atoms in total. The molecule has 2 atom stereocenters. The Morgan fingerprint density at radius 1 is 1.50 bits per heavy atom. The van der Waals surface area contributed by atoms with Gasteiger partial charge >= 0.3 is 12.1 Å². The van der Waals surface area contributed by atoms with Crippen LogP contribution in [0.1, 0.15) is 19.0 Å². The van der Waals surface area contributed by atoms with E-state index in [0.717, 1.165) is 6.42 Å². The number of alkyl halides is 3.